The highest BCUT2D eigenvalue weighted by molar-refractivity contribution is 5.27. The Morgan fingerprint density at radius 2 is 1.25 bits per heavy atom. The Balaban J connectivity index is 3.24. The molecular formula is C14H18F5N. The van der Waals surface area contributed by atoms with Crippen LogP contribution in [0.3, 0.4) is 0 Å². The van der Waals surface area contributed by atoms with Crippen molar-refractivity contribution in [2.75, 3.05) is 6.54 Å². The molecule has 0 aliphatic rings. The van der Waals surface area contributed by atoms with Crippen molar-refractivity contribution in [3.8, 4) is 0 Å². The van der Waals surface area contributed by atoms with Crippen molar-refractivity contribution < 1.29 is 22.0 Å². The molecule has 1 aromatic rings. The maximum Gasteiger partial charge on any atom is 0.200 e. The highest BCUT2D eigenvalue weighted by Crippen LogP contribution is 2.34. The summed E-state index contributed by atoms with van der Waals surface area (Å²) in [6.07, 6.45) is 2.56. The van der Waals surface area contributed by atoms with Gasteiger partial charge in [0.1, 0.15) is 0 Å². The highest BCUT2D eigenvalue weighted by atomic mass is 19.2. The summed E-state index contributed by atoms with van der Waals surface area (Å²) >= 11 is 0. The molecule has 2 N–H and O–H groups in total. The molecule has 0 amide bonds. The summed E-state index contributed by atoms with van der Waals surface area (Å²) in [4.78, 5) is 0. The average molecular weight is 295 g/mol. The smallest absolute Gasteiger partial charge is 0.200 e. The van der Waals surface area contributed by atoms with Crippen LogP contribution >= 0.6 is 0 Å². The van der Waals surface area contributed by atoms with Gasteiger partial charge in [-0.3, -0.25) is 0 Å². The fourth-order valence-electron chi connectivity index (χ4n) is 2.23. The van der Waals surface area contributed by atoms with E-state index < -0.39 is 40.6 Å². The molecule has 0 aliphatic carbocycles. The molecule has 0 heterocycles. The molecule has 0 radical (unpaired) electrons. The zero-order chi connectivity index (χ0) is 15.3. The number of nitrogens with two attached hydrogens (primary N) is 1. The molecule has 0 spiro atoms. The first-order chi connectivity index (χ1) is 9.45. The van der Waals surface area contributed by atoms with Gasteiger partial charge in [0.15, 0.2) is 23.3 Å². The van der Waals surface area contributed by atoms with Crippen LogP contribution in [0.2, 0.25) is 0 Å². The van der Waals surface area contributed by atoms with E-state index in [1.54, 1.807) is 0 Å². The molecule has 0 bridgehead atoms. The Labute approximate surface area is 115 Å². The van der Waals surface area contributed by atoms with Crippen molar-refractivity contribution in [1.82, 2.24) is 0 Å². The van der Waals surface area contributed by atoms with Gasteiger partial charge in [0.05, 0.1) is 0 Å². The Bertz CT molecular complexity index is 424. The summed E-state index contributed by atoms with van der Waals surface area (Å²) in [5.74, 6) is -10.0. The lowest BCUT2D eigenvalue weighted by Gasteiger charge is -2.19. The summed E-state index contributed by atoms with van der Waals surface area (Å²) in [6.45, 7) is 2.19. The van der Waals surface area contributed by atoms with Crippen molar-refractivity contribution in [3.63, 3.8) is 0 Å². The highest BCUT2D eigenvalue weighted by Gasteiger charge is 2.29. The molecule has 0 saturated heterocycles. The zero-order valence-corrected chi connectivity index (χ0v) is 11.3. The van der Waals surface area contributed by atoms with E-state index in [1.807, 2.05) is 6.92 Å². The van der Waals surface area contributed by atoms with Gasteiger partial charge in [-0.25, -0.2) is 22.0 Å². The Morgan fingerprint density at radius 1 is 0.800 bits per heavy atom. The number of hydrogen-bond donors (Lipinski definition) is 1. The molecule has 1 nitrogen and oxygen atoms in total. The minimum absolute atomic E-state index is 0.300. The van der Waals surface area contributed by atoms with Crippen LogP contribution in [0.15, 0.2) is 0 Å². The van der Waals surface area contributed by atoms with E-state index in [4.69, 9.17) is 5.73 Å². The lowest BCUT2D eigenvalue weighted by molar-refractivity contribution is 0.357. The molecule has 114 valence electrons. The lowest BCUT2D eigenvalue weighted by atomic mass is 9.88. The van der Waals surface area contributed by atoms with Gasteiger partial charge >= 0.3 is 0 Å². The standard InChI is InChI=1S/C14H18F5N/c1-2-3-5-8(6-4-7-20)9-10(15)12(17)14(19)13(18)11(9)16/h8H,2-7,20H2,1H3. The van der Waals surface area contributed by atoms with E-state index in [-0.39, 0.29) is 0 Å². The van der Waals surface area contributed by atoms with Gasteiger partial charge in [-0.1, -0.05) is 19.8 Å². The topological polar surface area (TPSA) is 26.0 Å². The first kappa shape index (κ1) is 16.9. The van der Waals surface area contributed by atoms with Crippen LogP contribution in [-0.2, 0) is 0 Å². The van der Waals surface area contributed by atoms with E-state index in [9.17, 15) is 22.0 Å². The van der Waals surface area contributed by atoms with Crippen LogP contribution in [0, 0.1) is 29.1 Å². The van der Waals surface area contributed by atoms with Crippen LogP contribution in [0.25, 0.3) is 0 Å². The van der Waals surface area contributed by atoms with Crippen LogP contribution in [0.4, 0.5) is 22.0 Å². The second-order valence-corrected chi connectivity index (χ2v) is 4.75. The number of rotatable bonds is 7. The molecule has 1 unspecified atom stereocenters. The lowest BCUT2D eigenvalue weighted by Crippen LogP contribution is -2.13. The van der Waals surface area contributed by atoms with E-state index in [0.29, 0.717) is 32.2 Å². The number of benzene rings is 1. The third-order valence-corrected chi connectivity index (χ3v) is 3.31. The van der Waals surface area contributed by atoms with E-state index >= 15 is 0 Å². The molecule has 20 heavy (non-hydrogen) atoms. The summed E-state index contributed by atoms with van der Waals surface area (Å²) in [5.41, 5.74) is 4.64. The van der Waals surface area contributed by atoms with Crippen molar-refractivity contribution in [2.24, 2.45) is 5.73 Å². The second-order valence-electron chi connectivity index (χ2n) is 4.75. The number of halogens is 5. The molecule has 1 aromatic carbocycles. The number of hydrogen-bond acceptors (Lipinski definition) is 1. The first-order valence-electron chi connectivity index (χ1n) is 6.67. The van der Waals surface area contributed by atoms with Crippen molar-refractivity contribution in [3.05, 3.63) is 34.6 Å². The molecule has 6 heteroatoms. The van der Waals surface area contributed by atoms with Gasteiger partial charge in [0.25, 0.3) is 0 Å². The first-order valence-corrected chi connectivity index (χ1v) is 6.67. The Morgan fingerprint density at radius 3 is 1.70 bits per heavy atom. The number of unbranched alkanes of at least 4 members (excludes halogenated alkanes) is 1. The monoisotopic (exact) mass is 295 g/mol. The quantitative estimate of drug-likeness (QED) is 0.450. The molecule has 0 aliphatic heterocycles. The minimum atomic E-state index is -2.11. The van der Waals surface area contributed by atoms with Gasteiger partial charge in [-0.05, 0) is 31.7 Å². The summed E-state index contributed by atoms with van der Waals surface area (Å²) in [6, 6.07) is 0. The van der Waals surface area contributed by atoms with E-state index in [0.717, 1.165) is 6.42 Å². The maximum atomic E-state index is 13.8. The van der Waals surface area contributed by atoms with Gasteiger partial charge < -0.3 is 5.73 Å². The van der Waals surface area contributed by atoms with Crippen LogP contribution < -0.4 is 5.73 Å². The van der Waals surface area contributed by atoms with Crippen molar-refractivity contribution >= 4 is 0 Å². The van der Waals surface area contributed by atoms with Crippen LogP contribution in [-0.4, -0.2) is 6.54 Å². The normalized spacial score (nSPS) is 12.8. The third kappa shape index (κ3) is 3.48. The summed E-state index contributed by atoms with van der Waals surface area (Å²) in [7, 11) is 0. The Kier molecular flexibility index (Phi) is 6.39. The predicted octanol–water partition coefficient (Wildman–Crippen LogP) is 4.39. The molecule has 0 aromatic heterocycles. The average Bonchev–Trinajstić information content (AvgIpc) is 2.45. The second kappa shape index (κ2) is 7.57. The zero-order valence-electron chi connectivity index (χ0n) is 11.3. The molecular weight excluding hydrogens is 277 g/mol. The van der Waals surface area contributed by atoms with Crippen molar-refractivity contribution in [2.45, 2.75) is 44.9 Å². The third-order valence-electron chi connectivity index (χ3n) is 3.31. The maximum absolute atomic E-state index is 13.8. The van der Waals surface area contributed by atoms with Gasteiger partial charge in [0, 0.05) is 5.56 Å². The van der Waals surface area contributed by atoms with E-state index in [2.05, 4.69) is 0 Å². The summed E-state index contributed by atoms with van der Waals surface area (Å²) < 4.78 is 67.0. The summed E-state index contributed by atoms with van der Waals surface area (Å²) in [5, 5.41) is 0. The predicted molar refractivity (Wildman–Crippen MR) is 66.8 cm³/mol. The molecule has 1 rings (SSSR count). The van der Waals surface area contributed by atoms with Gasteiger partial charge in [-0.15, -0.1) is 0 Å². The Hall–Kier alpha value is -1.17. The van der Waals surface area contributed by atoms with Gasteiger partial charge in [-0.2, -0.15) is 0 Å². The SMILES string of the molecule is CCCCC(CCCN)c1c(F)c(F)c(F)c(F)c1F. The minimum Gasteiger partial charge on any atom is -0.330 e. The van der Waals surface area contributed by atoms with Gasteiger partial charge in [0.2, 0.25) is 5.82 Å². The largest absolute Gasteiger partial charge is 0.330 e. The molecule has 0 fully saturated rings. The molecule has 0 saturated carbocycles. The fraction of sp³-hybridized carbons (Fsp3) is 0.571. The van der Waals surface area contributed by atoms with Crippen LogP contribution in [0.5, 0.6) is 0 Å². The molecule has 1 atom stereocenters. The fourth-order valence-corrected chi connectivity index (χ4v) is 2.23. The van der Waals surface area contributed by atoms with E-state index in [1.165, 1.54) is 0 Å². The van der Waals surface area contributed by atoms with Crippen LogP contribution in [0.1, 0.15) is 50.5 Å². The van der Waals surface area contributed by atoms with Crippen molar-refractivity contribution in [1.29, 1.82) is 0 Å².